The number of hydrogen-bond acceptors (Lipinski definition) is 5. The van der Waals surface area contributed by atoms with Gasteiger partial charge in [-0.1, -0.05) is 35.9 Å². The Kier molecular flexibility index (Phi) is 7.91. The minimum atomic E-state index is -1.12. The third-order valence-corrected chi connectivity index (χ3v) is 5.67. The van der Waals surface area contributed by atoms with Crippen LogP contribution in [-0.4, -0.2) is 17.3 Å². The standard InChI is InChI=1S/C28H19F3N2O3S/c1-37-33-22-4-2-3-17(13-22)5-6-19-14-21(9-11-26(19)34)32-28(35)20-8-12-27(36-31)23(15-20)18-7-10-24(29)25(30)16-18/h2-4,7-16,33-34H,1H3,(H,32,35). The molecule has 4 aromatic rings. The quantitative estimate of drug-likeness (QED) is 0.146. The summed E-state index contributed by atoms with van der Waals surface area (Å²) in [4.78, 5) is 16.7. The lowest BCUT2D eigenvalue weighted by molar-refractivity contribution is -0.00547. The van der Waals surface area contributed by atoms with Gasteiger partial charge in [0.2, 0.25) is 0 Å². The maximum atomic E-state index is 13.7. The van der Waals surface area contributed by atoms with Gasteiger partial charge in [0, 0.05) is 38.8 Å². The van der Waals surface area contributed by atoms with Crippen LogP contribution in [0.4, 0.5) is 24.7 Å². The Hall–Kier alpha value is -4.55. The zero-order valence-electron chi connectivity index (χ0n) is 19.3. The summed E-state index contributed by atoms with van der Waals surface area (Å²) in [5.41, 5.74) is 2.56. The van der Waals surface area contributed by atoms with Crippen LogP contribution >= 0.6 is 11.9 Å². The Morgan fingerprint density at radius 3 is 2.51 bits per heavy atom. The molecule has 4 rings (SSSR count). The van der Waals surface area contributed by atoms with Crippen LogP contribution < -0.4 is 15.0 Å². The SMILES string of the molecule is CSNc1cccc(C#Cc2cc(NC(=O)c3ccc(OF)c(-c4ccc(F)c(F)c4)c3)ccc2O)c1. The molecule has 3 N–H and O–H groups in total. The first-order valence-electron chi connectivity index (χ1n) is 10.8. The van der Waals surface area contributed by atoms with Gasteiger partial charge in [0.05, 0.1) is 5.56 Å². The monoisotopic (exact) mass is 520 g/mol. The van der Waals surface area contributed by atoms with E-state index in [0.29, 0.717) is 11.3 Å². The van der Waals surface area contributed by atoms with Crippen LogP contribution in [0, 0.1) is 23.5 Å². The molecule has 186 valence electrons. The van der Waals surface area contributed by atoms with Crippen molar-refractivity contribution in [3.8, 4) is 34.5 Å². The molecule has 0 saturated carbocycles. The van der Waals surface area contributed by atoms with Crippen LogP contribution in [0.3, 0.4) is 0 Å². The summed E-state index contributed by atoms with van der Waals surface area (Å²) >= 11 is 1.45. The number of anilines is 2. The van der Waals surface area contributed by atoms with Gasteiger partial charge in [-0.2, -0.15) is 0 Å². The largest absolute Gasteiger partial charge is 0.507 e. The summed E-state index contributed by atoms with van der Waals surface area (Å²) in [7, 11) is 0. The smallest absolute Gasteiger partial charge is 0.255 e. The van der Waals surface area contributed by atoms with E-state index in [1.807, 2.05) is 30.5 Å². The number of carbonyl (C=O) groups is 1. The van der Waals surface area contributed by atoms with E-state index in [0.717, 1.165) is 23.4 Å². The number of halogens is 3. The van der Waals surface area contributed by atoms with E-state index in [-0.39, 0.29) is 28.2 Å². The Morgan fingerprint density at radius 2 is 1.76 bits per heavy atom. The topological polar surface area (TPSA) is 70.6 Å². The molecule has 5 nitrogen and oxygen atoms in total. The zero-order chi connectivity index (χ0) is 26.4. The summed E-state index contributed by atoms with van der Waals surface area (Å²) < 4.78 is 43.2. The third kappa shape index (κ3) is 6.18. The first kappa shape index (κ1) is 25.5. The van der Waals surface area contributed by atoms with Gasteiger partial charge >= 0.3 is 0 Å². The maximum absolute atomic E-state index is 13.7. The molecule has 0 spiro atoms. The molecule has 0 unspecified atom stereocenters. The molecule has 0 saturated heterocycles. The van der Waals surface area contributed by atoms with Crippen LogP contribution in [0.15, 0.2) is 78.9 Å². The van der Waals surface area contributed by atoms with E-state index in [4.69, 9.17) is 0 Å². The van der Waals surface area contributed by atoms with Crippen molar-refractivity contribution in [1.29, 1.82) is 0 Å². The fraction of sp³-hybridized carbons (Fsp3) is 0.0357. The van der Waals surface area contributed by atoms with Crippen molar-refractivity contribution >= 4 is 29.2 Å². The van der Waals surface area contributed by atoms with Crippen LogP contribution in [-0.2, 0) is 0 Å². The lowest BCUT2D eigenvalue weighted by Crippen LogP contribution is -2.12. The predicted octanol–water partition coefficient (Wildman–Crippen LogP) is 6.94. The van der Waals surface area contributed by atoms with E-state index in [9.17, 15) is 23.2 Å². The van der Waals surface area contributed by atoms with Gasteiger partial charge < -0.3 is 15.1 Å². The molecule has 0 aliphatic rings. The third-order valence-electron chi connectivity index (χ3n) is 5.23. The number of benzene rings is 4. The second-order valence-corrected chi connectivity index (χ2v) is 8.35. The van der Waals surface area contributed by atoms with Gasteiger partial charge in [-0.3, -0.25) is 9.74 Å². The zero-order valence-corrected chi connectivity index (χ0v) is 20.1. The highest BCUT2D eigenvalue weighted by Crippen LogP contribution is 2.33. The van der Waals surface area contributed by atoms with Crippen LogP contribution in [0.5, 0.6) is 11.5 Å². The second-order valence-electron chi connectivity index (χ2n) is 7.74. The summed E-state index contributed by atoms with van der Waals surface area (Å²) in [6.07, 6.45) is 1.91. The van der Waals surface area contributed by atoms with Crippen molar-refractivity contribution in [2.24, 2.45) is 0 Å². The molecule has 0 aromatic heterocycles. The summed E-state index contributed by atoms with van der Waals surface area (Å²) in [6.45, 7) is 0. The van der Waals surface area contributed by atoms with Crippen molar-refractivity contribution in [1.82, 2.24) is 0 Å². The van der Waals surface area contributed by atoms with Gasteiger partial charge in [-0.15, -0.1) is 0 Å². The maximum Gasteiger partial charge on any atom is 0.255 e. The van der Waals surface area contributed by atoms with Gasteiger partial charge in [0.15, 0.2) is 17.4 Å². The molecule has 0 radical (unpaired) electrons. The van der Waals surface area contributed by atoms with Crippen molar-refractivity contribution in [2.45, 2.75) is 0 Å². The molecule has 0 fully saturated rings. The Balaban J connectivity index is 1.58. The number of phenols is 1. The number of phenolic OH excluding ortho intramolecular Hbond substituents is 1. The number of nitrogens with one attached hydrogen (secondary N) is 2. The van der Waals surface area contributed by atoms with Crippen LogP contribution in [0.1, 0.15) is 21.5 Å². The highest BCUT2D eigenvalue weighted by molar-refractivity contribution is 7.99. The molecule has 0 aliphatic carbocycles. The van der Waals surface area contributed by atoms with Crippen LogP contribution in [0.25, 0.3) is 11.1 Å². The summed E-state index contributed by atoms with van der Waals surface area (Å²) in [5.74, 6) is 2.81. The minimum Gasteiger partial charge on any atom is -0.507 e. The first-order chi connectivity index (χ1) is 17.9. The number of aromatic hydroxyl groups is 1. The van der Waals surface area contributed by atoms with Gasteiger partial charge in [0.1, 0.15) is 5.75 Å². The molecule has 0 heterocycles. The average Bonchev–Trinajstić information content (AvgIpc) is 2.90. The van der Waals surface area contributed by atoms with E-state index < -0.39 is 17.5 Å². The molecule has 0 bridgehead atoms. The lowest BCUT2D eigenvalue weighted by atomic mass is 10.0. The van der Waals surface area contributed by atoms with E-state index in [1.54, 1.807) is 0 Å². The molecule has 4 aromatic carbocycles. The number of amides is 1. The van der Waals surface area contributed by atoms with Crippen molar-refractivity contribution < 1.29 is 28.1 Å². The fourth-order valence-corrected chi connectivity index (χ4v) is 3.83. The number of hydrogen-bond donors (Lipinski definition) is 3. The molecule has 1 amide bonds. The van der Waals surface area contributed by atoms with Gasteiger partial charge in [-0.25, -0.2) is 8.78 Å². The molecular formula is C28H19F3N2O3S. The van der Waals surface area contributed by atoms with Crippen molar-refractivity contribution in [3.63, 3.8) is 0 Å². The highest BCUT2D eigenvalue weighted by atomic mass is 32.2. The average molecular weight is 521 g/mol. The van der Waals surface area contributed by atoms with Crippen LogP contribution in [0.2, 0.25) is 0 Å². The predicted molar refractivity (Wildman–Crippen MR) is 139 cm³/mol. The normalized spacial score (nSPS) is 10.3. The molecule has 9 heteroatoms. The highest BCUT2D eigenvalue weighted by Gasteiger charge is 2.15. The second kappa shape index (κ2) is 11.5. The first-order valence-corrected chi connectivity index (χ1v) is 12.0. The van der Waals surface area contributed by atoms with Gasteiger partial charge in [-0.05, 0) is 72.3 Å². The summed E-state index contributed by atoms with van der Waals surface area (Å²) in [6, 6.07) is 18.7. The van der Waals surface area contributed by atoms with E-state index in [1.165, 1.54) is 54.4 Å². The Labute approximate surface area is 215 Å². The lowest BCUT2D eigenvalue weighted by Gasteiger charge is -2.10. The summed E-state index contributed by atoms with van der Waals surface area (Å²) in [5, 5.41) is 12.9. The molecular weight excluding hydrogens is 501 g/mol. The Bertz CT molecular complexity index is 1530. The van der Waals surface area contributed by atoms with E-state index in [2.05, 4.69) is 26.8 Å². The minimum absolute atomic E-state index is 0.0597. The Morgan fingerprint density at radius 1 is 0.919 bits per heavy atom. The fourth-order valence-electron chi connectivity index (χ4n) is 3.46. The molecule has 37 heavy (non-hydrogen) atoms. The molecule has 0 atom stereocenters. The van der Waals surface area contributed by atoms with Crippen molar-refractivity contribution in [2.75, 3.05) is 16.3 Å². The van der Waals surface area contributed by atoms with Gasteiger partial charge in [0.25, 0.3) is 5.91 Å². The number of carbonyl (C=O) groups excluding carboxylic acids is 1. The van der Waals surface area contributed by atoms with Crippen molar-refractivity contribution in [3.05, 3.63) is 107 Å². The number of rotatable bonds is 6. The van der Waals surface area contributed by atoms with E-state index >= 15 is 0 Å². The molecule has 0 aliphatic heterocycles.